The first kappa shape index (κ1) is 56.1. The fraction of sp³-hybridized carbons (Fsp3) is 0.452. The number of aromatic nitrogens is 1. The third kappa shape index (κ3) is 12.5. The summed E-state index contributed by atoms with van der Waals surface area (Å²) in [6.45, 7) is 39.0. The number of likely N-dealkylation sites (tertiary alicyclic amines) is 1. The van der Waals surface area contributed by atoms with Crippen molar-refractivity contribution in [3.63, 3.8) is 0 Å². The summed E-state index contributed by atoms with van der Waals surface area (Å²) in [5, 5.41) is 20.0. The Bertz CT molecular complexity index is 2920. The molecule has 6 N–H and O–H groups in total. The van der Waals surface area contributed by atoms with Crippen molar-refractivity contribution >= 4 is 34.4 Å². The van der Waals surface area contributed by atoms with E-state index in [2.05, 4.69) is 108 Å². The quantitative estimate of drug-likeness (QED) is 0.0245. The summed E-state index contributed by atoms with van der Waals surface area (Å²) in [5.41, 5.74) is 14.0. The molecule has 4 unspecified atom stereocenters. The molecule has 77 heavy (non-hydrogen) atoms. The predicted molar refractivity (Wildman–Crippen MR) is 303 cm³/mol. The Morgan fingerprint density at radius 3 is 2.45 bits per heavy atom. The van der Waals surface area contributed by atoms with Crippen molar-refractivity contribution in [1.82, 2.24) is 46.7 Å². The number of pyridine rings is 1. The van der Waals surface area contributed by atoms with Crippen molar-refractivity contribution in [2.24, 2.45) is 11.3 Å². The number of fused-ring (bicyclic) bond motifs is 4. The smallest absolute Gasteiger partial charge is 0.313 e. The normalized spacial score (nSPS) is 18.9. The minimum atomic E-state index is -0.479. The first-order valence-corrected chi connectivity index (χ1v) is 27.5. The molecule has 14 nitrogen and oxygen atoms in total. The van der Waals surface area contributed by atoms with Crippen LogP contribution in [-0.2, 0) is 43.2 Å². The highest BCUT2D eigenvalue weighted by molar-refractivity contribution is 5.94. The molecule has 1 aliphatic carbocycles. The Hall–Kier alpha value is -7.13. The van der Waals surface area contributed by atoms with E-state index in [1.165, 1.54) is 0 Å². The Kier molecular flexibility index (Phi) is 17.8. The molecule has 410 valence electrons. The van der Waals surface area contributed by atoms with Crippen LogP contribution in [0.15, 0.2) is 127 Å². The molecule has 15 heteroatoms. The minimum Gasteiger partial charge on any atom is -0.460 e. The van der Waals surface area contributed by atoms with E-state index in [-0.39, 0.29) is 73.5 Å². The van der Waals surface area contributed by atoms with Gasteiger partial charge in [-0.1, -0.05) is 104 Å². The van der Waals surface area contributed by atoms with Gasteiger partial charge in [-0.2, -0.15) is 0 Å². The molecule has 5 aliphatic rings. The molecule has 0 saturated carbocycles. The molecule has 4 aliphatic heterocycles. The topological polar surface area (TPSA) is 161 Å². The number of carbonyl (C=O) groups excluding carboxylic acids is 3. The van der Waals surface area contributed by atoms with Crippen molar-refractivity contribution in [3.8, 4) is 0 Å². The maximum atomic E-state index is 15.6. The number of unbranched alkanes of at least 4 members (excludes halogenated alkanes) is 2. The van der Waals surface area contributed by atoms with Gasteiger partial charge in [-0.05, 0) is 98.6 Å². The van der Waals surface area contributed by atoms with E-state index >= 15 is 4.39 Å². The van der Waals surface area contributed by atoms with E-state index in [1.54, 1.807) is 6.07 Å². The molecule has 0 radical (unpaired) electrons. The summed E-state index contributed by atoms with van der Waals surface area (Å²) in [4.78, 5) is 48.6. The molecule has 3 aromatic rings. The van der Waals surface area contributed by atoms with Crippen LogP contribution in [0.3, 0.4) is 0 Å². The number of esters is 1. The first-order valence-electron chi connectivity index (χ1n) is 27.5. The number of cyclic esters (lactones) is 1. The number of hydrogen-bond donors (Lipinski definition) is 6. The second kappa shape index (κ2) is 24.5. The number of nitrogens with zero attached hydrogens (tertiary/aromatic N) is 3. The highest BCUT2D eigenvalue weighted by Crippen LogP contribution is 2.52. The molecule has 5 heterocycles. The van der Waals surface area contributed by atoms with E-state index in [0.29, 0.717) is 54.8 Å². The Morgan fingerprint density at radius 1 is 0.935 bits per heavy atom. The first-order chi connectivity index (χ1) is 36.9. The maximum absolute atomic E-state index is 15.6. The largest absolute Gasteiger partial charge is 0.460 e. The van der Waals surface area contributed by atoms with Gasteiger partial charge < -0.3 is 51.2 Å². The standard InChI is InChI=1S/C62H80FN9O5/c1-12-45-47-29-54-60-48(34-72(54)41(7)49(47)35-76-61(45)75)59-53(24-23-46-39(5)50(63)30-52(70-60)58(46)59)71-27-25-55(42(71)8)77-36-68-38(4)31-66-40(6)51(28-44-21-17-14-18-22-44)69-57(74)33-67-56(73)32-65-37(3)20-16-15-19-26-64-43(9)62(10,11)13-2/h14,17-18,21-22,29-30,45,51,53,55,64-66,68H,3-4,6-9,12-13,15-16,19-20,23-28,31-36H2,1-2,5,10-11H3,(H,67,73)(H,69,74). The summed E-state index contributed by atoms with van der Waals surface area (Å²) in [6.07, 6.45) is 9.95. The van der Waals surface area contributed by atoms with Gasteiger partial charge in [0.15, 0.2) is 0 Å². The van der Waals surface area contributed by atoms with E-state index in [9.17, 15) is 14.4 Å². The molecule has 8 rings (SSSR count). The monoisotopic (exact) mass is 1050 g/mol. The van der Waals surface area contributed by atoms with Gasteiger partial charge in [0.2, 0.25) is 11.8 Å². The van der Waals surface area contributed by atoms with Gasteiger partial charge in [0.1, 0.15) is 25.3 Å². The average Bonchev–Trinajstić information content (AvgIpc) is 3.98. The van der Waals surface area contributed by atoms with E-state index in [4.69, 9.17) is 14.5 Å². The highest BCUT2D eigenvalue weighted by Gasteiger charge is 2.44. The maximum Gasteiger partial charge on any atom is 0.313 e. The summed E-state index contributed by atoms with van der Waals surface area (Å²) in [5.74, 6) is -1.51. The van der Waals surface area contributed by atoms with Crippen LogP contribution < -0.4 is 31.9 Å². The third-order valence-electron chi connectivity index (χ3n) is 16.4. The summed E-state index contributed by atoms with van der Waals surface area (Å²) in [7, 11) is 0. The van der Waals surface area contributed by atoms with E-state index in [1.807, 2.05) is 44.2 Å². The number of benzene rings is 2. The number of carbonyl (C=O) groups is 3. The van der Waals surface area contributed by atoms with Crippen LogP contribution >= 0.6 is 0 Å². The number of aryl methyl sites for hydroxylation is 1. The predicted octanol–water partition coefficient (Wildman–Crippen LogP) is 9.05. The lowest BCUT2D eigenvalue weighted by Gasteiger charge is -2.37. The van der Waals surface area contributed by atoms with Crippen LogP contribution in [0.2, 0.25) is 0 Å². The van der Waals surface area contributed by atoms with Gasteiger partial charge in [0.25, 0.3) is 0 Å². The summed E-state index contributed by atoms with van der Waals surface area (Å²) in [6, 6.07) is 10.9. The van der Waals surface area contributed by atoms with Crippen LogP contribution in [0.5, 0.6) is 0 Å². The van der Waals surface area contributed by atoms with Gasteiger partial charge in [-0.3, -0.25) is 14.4 Å². The molecule has 4 atom stereocenters. The molecule has 0 spiro atoms. The number of rotatable bonds is 27. The molecule has 2 amide bonds. The number of ether oxygens (including phenoxy) is 2. The van der Waals surface area contributed by atoms with Crippen LogP contribution in [0.1, 0.15) is 119 Å². The number of hydrogen-bond acceptors (Lipinski definition) is 12. The zero-order chi connectivity index (χ0) is 55.1. The van der Waals surface area contributed by atoms with Gasteiger partial charge in [-0.15, -0.1) is 0 Å². The fourth-order valence-corrected chi connectivity index (χ4v) is 11.1. The molecule has 2 aromatic carbocycles. The van der Waals surface area contributed by atoms with Crippen molar-refractivity contribution in [1.29, 1.82) is 0 Å². The van der Waals surface area contributed by atoms with Crippen LogP contribution in [0.25, 0.3) is 16.6 Å². The molecular weight excluding hydrogens is 970 g/mol. The number of nitrogens with one attached hydrogen (secondary N) is 6. The van der Waals surface area contributed by atoms with Crippen molar-refractivity contribution in [3.05, 3.63) is 167 Å². The lowest BCUT2D eigenvalue weighted by molar-refractivity contribution is -0.147. The Morgan fingerprint density at radius 2 is 1.70 bits per heavy atom. The number of allylic oxidation sites excluding steroid dienone is 3. The third-order valence-corrected chi connectivity index (χ3v) is 16.4. The van der Waals surface area contributed by atoms with Crippen LogP contribution in [0.4, 0.5) is 4.39 Å². The van der Waals surface area contributed by atoms with Gasteiger partial charge in [-0.25, -0.2) is 9.37 Å². The van der Waals surface area contributed by atoms with Crippen molar-refractivity contribution in [2.75, 3.05) is 46.1 Å². The molecule has 1 aromatic heterocycles. The summed E-state index contributed by atoms with van der Waals surface area (Å²) >= 11 is 0. The second-order valence-electron chi connectivity index (χ2n) is 21.8. The summed E-state index contributed by atoms with van der Waals surface area (Å²) < 4.78 is 27.7. The minimum absolute atomic E-state index is 0.0268. The van der Waals surface area contributed by atoms with Crippen LogP contribution in [0, 0.1) is 24.1 Å². The van der Waals surface area contributed by atoms with Gasteiger partial charge >= 0.3 is 5.97 Å². The van der Waals surface area contributed by atoms with Crippen molar-refractivity contribution in [2.45, 2.75) is 124 Å². The second-order valence-corrected chi connectivity index (χ2v) is 21.8. The zero-order valence-electron chi connectivity index (χ0n) is 46.1. The molecule has 0 bridgehead atoms. The highest BCUT2D eigenvalue weighted by atomic mass is 19.1. The van der Waals surface area contributed by atoms with Gasteiger partial charge in [0.05, 0.1) is 61.1 Å². The van der Waals surface area contributed by atoms with E-state index in [0.717, 1.165) is 131 Å². The molecular formula is C62H80FN9O5. The van der Waals surface area contributed by atoms with Gasteiger partial charge in [0, 0.05) is 75.3 Å². The average molecular weight is 1050 g/mol. The Labute approximate surface area is 455 Å². The fourth-order valence-electron chi connectivity index (χ4n) is 11.1. The molecule has 1 fully saturated rings. The van der Waals surface area contributed by atoms with Crippen molar-refractivity contribution < 1.29 is 28.2 Å². The number of amides is 2. The lowest BCUT2D eigenvalue weighted by atomic mass is 9.81. The number of halogens is 1. The Balaban J connectivity index is 0.817. The van der Waals surface area contributed by atoms with Crippen LogP contribution in [-0.4, -0.2) is 90.8 Å². The SMILES string of the molecule is C=C(CCCCCNC(=C)C(C)(C)CC)NCC(=O)NCC(=O)NC(Cc1ccccc1)C(=C)NCC(=C)NCOC1CCN(C2CCc3c(C)c(F)cc4nc5c(c2c34)CN2C(=C)C3=C(C=C52)C(CC)C(=O)OC3)C1=C. The lowest BCUT2D eigenvalue weighted by Crippen LogP contribution is -2.47. The zero-order valence-corrected chi connectivity index (χ0v) is 46.1. The van der Waals surface area contributed by atoms with E-state index < -0.39 is 6.04 Å². The molecule has 1 saturated heterocycles.